The zero-order valence-electron chi connectivity index (χ0n) is 18.7. The van der Waals surface area contributed by atoms with Crippen molar-refractivity contribution in [2.24, 2.45) is 5.73 Å². The molecule has 1 atom stereocenters. The van der Waals surface area contributed by atoms with Crippen molar-refractivity contribution in [1.29, 1.82) is 0 Å². The number of nitrogens with one attached hydrogen (secondary N) is 2. The molecule has 10 heteroatoms. The number of hydrogen-bond acceptors (Lipinski definition) is 6. The van der Waals surface area contributed by atoms with Gasteiger partial charge in [-0.05, 0) is 42.1 Å². The van der Waals surface area contributed by atoms with Gasteiger partial charge in [-0.25, -0.2) is 9.18 Å². The lowest BCUT2D eigenvalue weighted by Gasteiger charge is -2.17. The second kappa shape index (κ2) is 10.6. The Balaban J connectivity index is 1.33. The van der Waals surface area contributed by atoms with Crippen molar-refractivity contribution in [1.82, 2.24) is 14.6 Å². The number of aryl methyl sites for hydroxylation is 1. The highest BCUT2D eigenvalue weighted by Gasteiger charge is 2.26. The van der Waals surface area contributed by atoms with Crippen LogP contribution in [0.4, 0.5) is 14.2 Å². The molecule has 178 valence electrons. The predicted octanol–water partition coefficient (Wildman–Crippen LogP) is 3.66. The van der Waals surface area contributed by atoms with E-state index in [9.17, 15) is 14.0 Å². The minimum atomic E-state index is -0.793. The predicted molar refractivity (Wildman–Crippen MR) is 128 cm³/mol. The van der Waals surface area contributed by atoms with E-state index in [2.05, 4.69) is 32.0 Å². The highest BCUT2D eigenvalue weighted by Crippen LogP contribution is 2.31. The first kappa shape index (κ1) is 23.7. The SMILES string of the molecule is Cc1ccc(COc2nsc(NC(=O)NC3CCN(Cc4ccccc4)C3)c2C(N)=O)c(F)c1. The Hall–Kier alpha value is -3.50. The zero-order chi connectivity index (χ0) is 24.1. The normalized spacial score (nSPS) is 15.8. The molecule has 1 aliphatic heterocycles. The molecule has 0 radical (unpaired) electrons. The largest absolute Gasteiger partial charge is 0.471 e. The van der Waals surface area contributed by atoms with E-state index in [1.165, 1.54) is 11.6 Å². The Morgan fingerprint density at radius 2 is 2.06 bits per heavy atom. The summed E-state index contributed by atoms with van der Waals surface area (Å²) < 4.78 is 23.7. The molecule has 1 aliphatic rings. The number of ether oxygens (including phenoxy) is 1. The standard InChI is InChI=1S/C24H26FN5O3S/c1-15-7-8-17(19(25)11-15)14-33-22-20(21(26)31)23(34-29-22)28-24(32)27-18-9-10-30(13-18)12-16-5-3-2-4-6-16/h2-8,11,18H,9-10,12-14H2,1H3,(H2,26,31)(H2,27,28,32). The first-order valence-corrected chi connectivity index (χ1v) is 11.7. The smallest absolute Gasteiger partial charge is 0.320 e. The van der Waals surface area contributed by atoms with Crippen molar-refractivity contribution in [3.05, 3.63) is 76.6 Å². The first-order valence-electron chi connectivity index (χ1n) is 10.9. The van der Waals surface area contributed by atoms with E-state index in [0.29, 0.717) is 5.56 Å². The Kier molecular flexibility index (Phi) is 7.39. The summed E-state index contributed by atoms with van der Waals surface area (Å²) in [6, 6.07) is 14.5. The number of rotatable bonds is 8. The van der Waals surface area contributed by atoms with Gasteiger partial charge in [-0.15, -0.1) is 0 Å². The van der Waals surface area contributed by atoms with Gasteiger partial charge in [0.05, 0.1) is 0 Å². The van der Waals surface area contributed by atoms with Crippen LogP contribution in [0.3, 0.4) is 0 Å². The van der Waals surface area contributed by atoms with Crippen molar-refractivity contribution in [3.63, 3.8) is 0 Å². The topological polar surface area (TPSA) is 110 Å². The van der Waals surface area contributed by atoms with Crippen LogP contribution in [0.5, 0.6) is 5.88 Å². The summed E-state index contributed by atoms with van der Waals surface area (Å²) in [5.74, 6) is -1.24. The van der Waals surface area contributed by atoms with Crippen molar-refractivity contribution in [2.45, 2.75) is 32.5 Å². The number of carbonyl (C=O) groups excluding carboxylic acids is 2. The molecule has 1 unspecified atom stereocenters. The number of carbonyl (C=O) groups is 2. The molecule has 0 spiro atoms. The van der Waals surface area contributed by atoms with Crippen molar-refractivity contribution >= 4 is 28.5 Å². The van der Waals surface area contributed by atoms with Gasteiger partial charge in [-0.3, -0.25) is 15.0 Å². The lowest BCUT2D eigenvalue weighted by atomic mass is 10.1. The molecular formula is C24H26FN5O3S. The Morgan fingerprint density at radius 1 is 1.26 bits per heavy atom. The van der Waals surface area contributed by atoms with E-state index in [1.807, 2.05) is 18.2 Å². The summed E-state index contributed by atoms with van der Waals surface area (Å²) >= 11 is 0.883. The van der Waals surface area contributed by atoms with Crippen LogP contribution in [0.25, 0.3) is 0 Å². The molecule has 1 saturated heterocycles. The molecule has 4 N–H and O–H groups in total. The number of primary amides is 1. The number of nitrogens with zero attached hydrogens (tertiary/aromatic N) is 2. The number of halogens is 1. The van der Waals surface area contributed by atoms with E-state index in [1.54, 1.807) is 19.1 Å². The molecule has 8 nitrogen and oxygen atoms in total. The quantitative estimate of drug-likeness (QED) is 0.453. The van der Waals surface area contributed by atoms with Crippen LogP contribution in [0, 0.1) is 12.7 Å². The van der Waals surface area contributed by atoms with Crippen LogP contribution in [-0.4, -0.2) is 40.3 Å². The summed E-state index contributed by atoms with van der Waals surface area (Å²) in [5, 5.41) is 5.77. The van der Waals surface area contributed by atoms with Gasteiger partial charge in [0, 0.05) is 31.2 Å². The van der Waals surface area contributed by atoms with E-state index in [0.717, 1.165) is 43.2 Å². The van der Waals surface area contributed by atoms with Gasteiger partial charge in [0.2, 0.25) is 5.88 Å². The van der Waals surface area contributed by atoms with Crippen LogP contribution < -0.4 is 21.1 Å². The number of hydrogen-bond donors (Lipinski definition) is 3. The molecule has 2 aromatic carbocycles. The molecule has 4 rings (SSSR count). The highest BCUT2D eigenvalue weighted by molar-refractivity contribution is 7.11. The van der Waals surface area contributed by atoms with Crippen LogP contribution in [0.1, 0.15) is 33.5 Å². The molecule has 3 aromatic rings. The van der Waals surface area contributed by atoms with Gasteiger partial charge in [0.25, 0.3) is 5.91 Å². The molecule has 34 heavy (non-hydrogen) atoms. The number of nitrogens with two attached hydrogens (primary N) is 1. The average molecular weight is 484 g/mol. The van der Waals surface area contributed by atoms with Crippen LogP contribution in [-0.2, 0) is 13.2 Å². The fourth-order valence-corrected chi connectivity index (χ4v) is 4.59. The third-order valence-electron chi connectivity index (χ3n) is 5.56. The number of aromatic nitrogens is 1. The minimum Gasteiger partial charge on any atom is -0.471 e. The Morgan fingerprint density at radius 3 is 2.79 bits per heavy atom. The second-order valence-electron chi connectivity index (χ2n) is 8.24. The fraction of sp³-hybridized carbons (Fsp3) is 0.292. The van der Waals surface area contributed by atoms with Gasteiger partial charge >= 0.3 is 6.03 Å². The molecule has 0 saturated carbocycles. The molecule has 3 amide bonds. The molecule has 0 bridgehead atoms. The van der Waals surface area contributed by atoms with E-state index >= 15 is 0 Å². The number of amides is 3. The fourth-order valence-electron chi connectivity index (χ4n) is 3.85. The van der Waals surface area contributed by atoms with Gasteiger partial charge in [0.1, 0.15) is 23.0 Å². The summed E-state index contributed by atoms with van der Waals surface area (Å²) in [6.07, 6.45) is 0.822. The molecular weight excluding hydrogens is 457 g/mol. The Labute approximate surface area is 201 Å². The summed E-state index contributed by atoms with van der Waals surface area (Å²) in [6.45, 7) is 4.09. The maximum Gasteiger partial charge on any atom is 0.320 e. The van der Waals surface area contributed by atoms with E-state index in [4.69, 9.17) is 10.5 Å². The van der Waals surface area contributed by atoms with Gasteiger partial charge in [-0.1, -0.05) is 42.5 Å². The number of urea groups is 1. The van der Waals surface area contributed by atoms with Crippen molar-refractivity contribution in [2.75, 3.05) is 18.4 Å². The van der Waals surface area contributed by atoms with Gasteiger partial charge in [0.15, 0.2) is 0 Å². The summed E-state index contributed by atoms with van der Waals surface area (Å²) in [5.41, 5.74) is 7.80. The van der Waals surface area contributed by atoms with Gasteiger partial charge < -0.3 is 15.8 Å². The third-order valence-corrected chi connectivity index (χ3v) is 6.31. The van der Waals surface area contributed by atoms with Crippen LogP contribution >= 0.6 is 11.5 Å². The highest BCUT2D eigenvalue weighted by atomic mass is 32.1. The maximum atomic E-state index is 14.1. The van der Waals surface area contributed by atoms with E-state index in [-0.39, 0.29) is 29.1 Å². The maximum absolute atomic E-state index is 14.1. The number of anilines is 1. The van der Waals surface area contributed by atoms with Crippen LogP contribution in [0.2, 0.25) is 0 Å². The lowest BCUT2D eigenvalue weighted by Crippen LogP contribution is -2.39. The Bertz CT molecular complexity index is 1170. The second-order valence-corrected chi connectivity index (χ2v) is 9.02. The number of likely N-dealkylation sites (tertiary alicyclic amines) is 1. The summed E-state index contributed by atoms with van der Waals surface area (Å²) in [7, 11) is 0. The van der Waals surface area contributed by atoms with Gasteiger partial charge in [-0.2, -0.15) is 4.37 Å². The average Bonchev–Trinajstić information content (AvgIpc) is 3.40. The van der Waals surface area contributed by atoms with Crippen molar-refractivity contribution in [3.8, 4) is 5.88 Å². The van der Waals surface area contributed by atoms with Crippen molar-refractivity contribution < 1.29 is 18.7 Å². The molecule has 1 aromatic heterocycles. The molecule has 1 fully saturated rings. The summed E-state index contributed by atoms with van der Waals surface area (Å²) in [4.78, 5) is 26.9. The molecule has 2 heterocycles. The first-order chi connectivity index (χ1) is 16.4. The zero-order valence-corrected chi connectivity index (χ0v) is 19.5. The van der Waals surface area contributed by atoms with Crippen LogP contribution in [0.15, 0.2) is 48.5 Å². The van der Waals surface area contributed by atoms with E-state index < -0.39 is 17.8 Å². The third kappa shape index (κ3) is 5.89. The minimum absolute atomic E-state index is 0.0195. The molecule has 0 aliphatic carbocycles. The lowest BCUT2D eigenvalue weighted by molar-refractivity contribution is 0.0996. The number of benzene rings is 2. The monoisotopic (exact) mass is 483 g/mol.